The van der Waals surface area contributed by atoms with Crippen LogP contribution in [0.3, 0.4) is 0 Å². The van der Waals surface area contributed by atoms with Crippen LogP contribution in [0.15, 0.2) is 24.3 Å². The summed E-state index contributed by atoms with van der Waals surface area (Å²) in [6.45, 7) is 1.80. The zero-order chi connectivity index (χ0) is 13.1. The third-order valence-electron chi connectivity index (χ3n) is 2.95. The number of hydrogen-bond donors (Lipinski definition) is 0. The molecule has 1 unspecified atom stereocenters. The van der Waals surface area contributed by atoms with Crippen LogP contribution in [0.4, 0.5) is 9.18 Å². The monoisotopic (exact) mass is 251 g/mol. The number of cyclic esters (lactones) is 1. The first-order valence-electron chi connectivity index (χ1n) is 5.85. The number of rotatable bonds is 3. The van der Waals surface area contributed by atoms with Gasteiger partial charge in [-0.15, -0.1) is 0 Å². The van der Waals surface area contributed by atoms with Crippen LogP contribution in [0.2, 0.25) is 0 Å². The summed E-state index contributed by atoms with van der Waals surface area (Å²) in [7, 11) is 0. The maximum absolute atomic E-state index is 13.5. The molecule has 96 valence electrons. The second-order valence-corrected chi connectivity index (χ2v) is 4.14. The smallest absolute Gasteiger partial charge is 0.416 e. The van der Waals surface area contributed by atoms with Gasteiger partial charge in [-0.3, -0.25) is 4.79 Å². The van der Waals surface area contributed by atoms with Gasteiger partial charge < -0.3 is 4.74 Å². The summed E-state index contributed by atoms with van der Waals surface area (Å²) in [6, 6.07) is 5.92. The second-order valence-electron chi connectivity index (χ2n) is 4.14. The molecule has 1 fully saturated rings. The van der Waals surface area contributed by atoms with Crippen LogP contribution in [0.5, 0.6) is 0 Å². The maximum Gasteiger partial charge on any atom is 0.416 e. The van der Waals surface area contributed by atoms with Crippen LogP contribution in [0.25, 0.3) is 0 Å². The Kier molecular flexibility index (Phi) is 3.60. The fourth-order valence-electron chi connectivity index (χ4n) is 2.00. The third-order valence-corrected chi connectivity index (χ3v) is 2.95. The molecule has 1 heterocycles. The van der Waals surface area contributed by atoms with Crippen molar-refractivity contribution in [1.29, 1.82) is 0 Å². The molecule has 0 radical (unpaired) electrons. The van der Waals surface area contributed by atoms with E-state index in [1.165, 1.54) is 6.07 Å². The highest BCUT2D eigenvalue weighted by molar-refractivity contribution is 5.93. The van der Waals surface area contributed by atoms with Gasteiger partial charge in [-0.25, -0.2) is 14.1 Å². The Morgan fingerprint density at radius 1 is 1.50 bits per heavy atom. The lowest BCUT2D eigenvalue weighted by Gasteiger charge is -2.19. The number of carbonyl (C=O) groups is 2. The standard InChI is InChI=1S/C13H14FNO3/c1-2-12(16)15-10(8-18-13(15)17)7-9-5-3-4-6-11(9)14/h3-6,10H,2,7-8H2,1H3. The first kappa shape index (κ1) is 12.5. The van der Waals surface area contributed by atoms with Crippen molar-refractivity contribution in [2.75, 3.05) is 6.61 Å². The number of amides is 2. The van der Waals surface area contributed by atoms with E-state index in [1.807, 2.05) is 0 Å². The van der Waals surface area contributed by atoms with E-state index < -0.39 is 12.1 Å². The fourth-order valence-corrected chi connectivity index (χ4v) is 2.00. The van der Waals surface area contributed by atoms with Gasteiger partial charge in [0.25, 0.3) is 0 Å². The van der Waals surface area contributed by atoms with Crippen LogP contribution in [-0.4, -0.2) is 29.5 Å². The molecule has 18 heavy (non-hydrogen) atoms. The Bertz CT molecular complexity index is 475. The van der Waals surface area contributed by atoms with Crippen molar-refractivity contribution < 1.29 is 18.7 Å². The summed E-state index contributed by atoms with van der Waals surface area (Å²) in [4.78, 5) is 24.2. The van der Waals surface area contributed by atoms with Crippen LogP contribution >= 0.6 is 0 Å². The van der Waals surface area contributed by atoms with Gasteiger partial charge >= 0.3 is 6.09 Å². The minimum atomic E-state index is -0.636. The largest absolute Gasteiger partial charge is 0.447 e. The Balaban J connectivity index is 2.16. The topological polar surface area (TPSA) is 46.6 Å². The van der Waals surface area contributed by atoms with Crippen LogP contribution in [0.1, 0.15) is 18.9 Å². The van der Waals surface area contributed by atoms with Gasteiger partial charge in [0.05, 0.1) is 6.04 Å². The fraction of sp³-hybridized carbons (Fsp3) is 0.385. The quantitative estimate of drug-likeness (QED) is 0.826. The van der Waals surface area contributed by atoms with Crippen molar-refractivity contribution in [3.05, 3.63) is 35.6 Å². The molecule has 1 atom stereocenters. The van der Waals surface area contributed by atoms with Gasteiger partial charge in [0, 0.05) is 6.42 Å². The lowest BCUT2D eigenvalue weighted by Crippen LogP contribution is -2.39. The van der Waals surface area contributed by atoms with Crippen molar-refractivity contribution in [2.45, 2.75) is 25.8 Å². The van der Waals surface area contributed by atoms with Crippen LogP contribution < -0.4 is 0 Å². The van der Waals surface area contributed by atoms with E-state index in [2.05, 4.69) is 0 Å². The lowest BCUT2D eigenvalue weighted by atomic mass is 10.1. The predicted molar refractivity (Wildman–Crippen MR) is 62.4 cm³/mol. The number of halogens is 1. The Morgan fingerprint density at radius 2 is 2.22 bits per heavy atom. The number of imide groups is 1. The molecule has 0 spiro atoms. The predicted octanol–water partition coefficient (Wildman–Crippen LogP) is 2.13. The molecule has 1 aromatic rings. The van der Waals surface area contributed by atoms with Gasteiger partial charge in [0.2, 0.25) is 5.91 Å². The molecule has 2 rings (SSSR count). The van der Waals surface area contributed by atoms with E-state index in [0.717, 1.165) is 4.90 Å². The van der Waals surface area contributed by atoms with E-state index in [0.29, 0.717) is 5.56 Å². The highest BCUT2D eigenvalue weighted by Crippen LogP contribution is 2.19. The molecule has 5 heteroatoms. The Morgan fingerprint density at radius 3 is 2.89 bits per heavy atom. The molecule has 4 nitrogen and oxygen atoms in total. The molecule has 1 aromatic carbocycles. The number of ether oxygens (including phenoxy) is 1. The SMILES string of the molecule is CCC(=O)N1C(=O)OCC1Cc1ccccc1F. The minimum absolute atomic E-state index is 0.124. The molecule has 0 aliphatic carbocycles. The van der Waals surface area contributed by atoms with Gasteiger partial charge in [0.15, 0.2) is 0 Å². The molecule has 0 aromatic heterocycles. The molecule has 2 amide bonds. The average molecular weight is 251 g/mol. The number of carbonyl (C=O) groups excluding carboxylic acids is 2. The highest BCUT2D eigenvalue weighted by Gasteiger charge is 2.37. The van der Waals surface area contributed by atoms with Crippen LogP contribution in [-0.2, 0) is 16.0 Å². The molecule has 0 bridgehead atoms. The summed E-state index contributed by atoms with van der Waals surface area (Å²) in [6.07, 6.45) is -0.129. The molecule has 0 saturated carbocycles. The first-order chi connectivity index (χ1) is 8.63. The van der Waals surface area contributed by atoms with Crippen LogP contribution in [0, 0.1) is 5.82 Å². The zero-order valence-electron chi connectivity index (χ0n) is 10.1. The summed E-state index contributed by atoms with van der Waals surface area (Å²) in [5.74, 6) is -0.625. The Hall–Kier alpha value is -1.91. The first-order valence-corrected chi connectivity index (χ1v) is 5.85. The summed E-state index contributed by atoms with van der Waals surface area (Å²) < 4.78 is 18.4. The van der Waals surface area contributed by atoms with Gasteiger partial charge in [-0.1, -0.05) is 25.1 Å². The van der Waals surface area contributed by atoms with Gasteiger partial charge in [-0.2, -0.15) is 0 Å². The third kappa shape index (κ3) is 2.34. The van der Waals surface area contributed by atoms with E-state index >= 15 is 0 Å². The second kappa shape index (κ2) is 5.16. The van der Waals surface area contributed by atoms with E-state index in [1.54, 1.807) is 25.1 Å². The van der Waals surface area contributed by atoms with E-state index in [-0.39, 0.29) is 31.2 Å². The number of benzene rings is 1. The summed E-state index contributed by atoms with van der Waals surface area (Å²) >= 11 is 0. The van der Waals surface area contributed by atoms with E-state index in [4.69, 9.17) is 4.74 Å². The lowest BCUT2D eigenvalue weighted by molar-refractivity contribution is -0.128. The Labute approximate surface area is 104 Å². The normalized spacial score (nSPS) is 18.9. The molecule has 0 N–H and O–H groups in total. The zero-order valence-corrected chi connectivity index (χ0v) is 10.1. The molecular weight excluding hydrogens is 237 g/mol. The van der Waals surface area contributed by atoms with Crippen molar-refractivity contribution in [1.82, 2.24) is 4.90 Å². The average Bonchev–Trinajstić information content (AvgIpc) is 2.72. The number of nitrogens with zero attached hydrogens (tertiary/aromatic N) is 1. The maximum atomic E-state index is 13.5. The van der Waals surface area contributed by atoms with Crippen molar-refractivity contribution >= 4 is 12.0 Å². The molecule has 1 saturated heterocycles. The summed E-state index contributed by atoms with van der Waals surface area (Å²) in [5.41, 5.74) is 0.481. The van der Waals surface area contributed by atoms with Crippen molar-refractivity contribution in [3.8, 4) is 0 Å². The highest BCUT2D eigenvalue weighted by atomic mass is 19.1. The molecular formula is C13H14FNO3. The summed E-state index contributed by atoms with van der Waals surface area (Å²) in [5, 5.41) is 0. The van der Waals surface area contributed by atoms with E-state index in [9.17, 15) is 14.0 Å². The van der Waals surface area contributed by atoms with Crippen molar-refractivity contribution in [3.63, 3.8) is 0 Å². The minimum Gasteiger partial charge on any atom is -0.447 e. The number of hydrogen-bond acceptors (Lipinski definition) is 3. The van der Waals surface area contributed by atoms with Gasteiger partial charge in [0.1, 0.15) is 12.4 Å². The van der Waals surface area contributed by atoms with Gasteiger partial charge in [-0.05, 0) is 18.1 Å². The molecule has 1 aliphatic heterocycles. The van der Waals surface area contributed by atoms with Crippen molar-refractivity contribution in [2.24, 2.45) is 0 Å². The molecule has 1 aliphatic rings.